The number of ketones is 1. The standard InChI is InChI=1S/C21H20O6/c1-15(22)19(21(24)26-13-12-25-2)14-16-8-10-18(11-9-16)27-20(23)17-6-4-3-5-7-17/h3-11,14H,12-13H2,1-2H3/b19-14-. The first kappa shape index (κ1) is 20.1. The monoisotopic (exact) mass is 368 g/mol. The number of methoxy groups -OCH3 is 1. The maximum absolute atomic E-state index is 12.0. The molecule has 2 rings (SSSR count). The summed E-state index contributed by atoms with van der Waals surface area (Å²) in [5.74, 6) is -1.23. The molecule has 0 aliphatic heterocycles. The fourth-order valence-corrected chi connectivity index (χ4v) is 2.14. The second-order valence-corrected chi connectivity index (χ2v) is 5.57. The molecule has 0 atom stereocenters. The van der Waals surface area contributed by atoms with Crippen LogP contribution in [-0.2, 0) is 19.1 Å². The van der Waals surface area contributed by atoms with Crippen LogP contribution in [0.25, 0.3) is 6.08 Å². The van der Waals surface area contributed by atoms with E-state index < -0.39 is 17.7 Å². The van der Waals surface area contributed by atoms with Gasteiger partial charge in [-0.3, -0.25) is 4.79 Å². The molecule has 0 aliphatic carbocycles. The van der Waals surface area contributed by atoms with E-state index in [1.807, 2.05) is 6.07 Å². The number of ether oxygens (including phenoxy) is 3. The largest absolute Gasteiger partial charge is 0.460 e. The molecule has 0 aliphatic rings. The van der Waals surface area contributed by atoms with Gasteiger partial charge >= 0.3 is 11.9 Å². The van der Waals surface area contributed by atoms with E-state index in [1.165, 1.54) is 20.1 Å². The van der Waals surface area contributed by atoms with E-state index in [9.17, 15) is 14.4 Å². The highest BCUT2D eigenvalue weighted by atomic mass is 16.6. The van der Waals surface area contributed by atoms with Gasteiger partial charge in [0.15, 0.2) is 5.78 Å². The molecule has 140 valence electrons. The minimum atomic E-state index is -0.709. The Kier molecular flexibility index (Phi) is 7.46. The molecule has 27 heavy (non-hydrogen) atoms. The molecule has 6 heteroatoms. The summed E-state index contributed by atoms with van der Waals surface area (Å²) in [7, 11) is 1.49. The third-order valence-corrected chi connectivity index (χ3v) is 3.53. The predicted octanol–water partition coefficient (Wildman–Crippen LogP) is 3.07. The van der Waals surface area contributed by atoms with Crippen molar-refractivity contribution in [1.82, 2.24) is 0 Å². The van der Waals surface area contributed by atoms with Gasteiger partial charge < -0.3 is 14.2 Å². The molecule has 0 saturated heterocycles. The van der Waals surface area contributed by atoms with E-state index >= 15 is 0 Å². The summed E-state index contributed by atoms with van der Waals surface area (Å²) in [6, 6.07) is 15.1. The van der Waals surface area contributed by atoms with Crippen LogP contribution in [-0.4, -0.2) is 38.0 Å². The molecule has 0 unspecified atom stereocenters. The normalized spacial score (nSPS) is 11.0. The Balaban J connectivity index is 2.08. The fraction of sp³-hybridized carbons (Fsp3) is 0.190. The topological polar surface area (TPSA) is 78.9 Å². The van der Waals surface area contributed by atoms with Crippen LogP contribution in [0, 0.1) is 0 Å². The minimum absolute atomic E-state index is 0.0638. The number of rotatable bonds is 8. The molecule has 0 fully saturated rings. The van der Waals surface area contributed by atoms with E-state index in [4.69, 9.17) is 14.2 Å². The summed E-state index contributed by atoms with van der Waals surface area (Å²) in [5, 5.41) is 0. The second-order valence-electron chi connectivity index (χ2n) is 5.57. The van der Waals surface area contributed by atoms with Gasteiger partial charge in [-0.25, -0.2) is 9.59 Å². The van der Waals surface area contributed by atoms with Crippen LogP contribution >= 0.6 is 0 Å². The number of carbonyl (C=O) groups is 3. The third-order valence-electron chi connectivity index (χ3n) is 3.53. The molecule has 0 heterocycles. The lowest BCUT2D eigenvalue weighted by molar-refractivity contribution is -0.141. The molecular weight excluding hydrogens is 348 g/mol. The third kappa shape index (κ3) is 6.20. The SMILES string of the molecule is COCCOC(=O)/C(=C\c1ccc(OC(=O)c2ccccc2)cc1)C(C)=O. The van der Waals surface area contributed by atoms with Crippen molar-refractivity contribution in [3.8, 4) is 5.75 Å². The van der Waals surface area contributed by atoms with Crippen molar-refractivity contribution in [2.45, 2.75) is 6.92 Å². The Morgan fingerprint density at radius 2 is 1.59 bits per heavy atom. The summed E-state index contributed by atoms with van der Waals surface area (Å²) < 4.78 is 15.1. The quantitative estimate of drug-likeness (QED) is 0.178. The van der Waals surface area contributed by atoms with Gasteiger partial charge in [0.1, 0.15) is 17.9 Å². The van der Waals surface area contributed by atoms with Gasteiger partial charge in [-0.2, -0.15) is 0 Å². The van der Waals surface area contributed by atoms with Crippen LogP contribution in [0.3, 0.4) is 0 Å². The Bertz CT molecular complexity index is 822. The Hall–Kier alpha value is -3.25. The van der Waals surface area contributed by atoms with Gasteiger partial charge in [0.05, 0.1) is 12.2 Å². The number of hydrogen-bond donors (Lipinski definition) is 0. The molecule has 0 amide bonds. The van der Waals surface area contributed by atoms with Crippen LogP contribution in [0.5, 0.6) is 5.75 Å². The maximum Gasteiger partial charge on any atom is 0.343 e. The van der Waals surface area contributed by atoms with Crippen molar-refractivity contribution in [2.24, 2.45) is 0 Å². The second kappa shape index (κ2) is 10.0. The highest BCUT2D eigenvalue weighted by molar-refractivity contribution is 6.19. The maximum atomic E-state index is 12.0. The molecule has 0 saturated carbocycles. The molecular formula is C21H20O6. The Labute approximate surface area is 157 Å². The summed E-state index contributed by atoms with van der Waals surface area (Å²) in [6.45, 7) is 1.60. The van der Waals surface area contributed by atoms with Gasteiger partial charge in [0.2, 0.25) is 0 Å². The zero-order chi connectivity index (χ0) is 19.6. The zero-order valence-electron chi connectivity index (χ0n) is 15.1. The summed E-state index contributed by atoms with van der Waals surface area (Å²) in [4.78, 5) is 35.7. The van der Waals surface area contributed by atoms with Crippen LogP contribution in [0.1, 0.15) is 22.8 Å². The lowest BCUT2D eigenvalue weighted by atomic mass is 10.1. The first-order chi connectivity index (χ1) is 13.0. The van der Waals surface area contributed by atoms with E-state index in [1.54, 1.807) is 48.5 Å². The van der Waals surface area contributed by atoms with Gasteiger partial charge in [0.25, 0.3) is 0 Å². The van der Waals surface area contributed by atoms with Gasteiger partial charge in [0, 0.05) is 7.11 Å². The minimum Gasteiger partial charge on any atom is -0.460 e. The number of benzene rings is 2. The van der Waals surface area contributed by atoms with Gasteiger partial charge in [-0.1, -0.05) is 30.3 Å². The van der Waals surface area contributed by atoms with Crippen LogP contribution < -0.4 is 4.74 Å². The van der Waals surface area contributed by atoms with E-state index in [-0.39, 0.29) is 18.8 Å². The van der Waals surface area contributed by atoms with Crippen LogP contribution in [0.2, 0.25) is 0 Å². The smallest absolute Gasteiger partial charge is 0.343 e. The van der Waals surface area contributed by atoms with E-state index in [2.05, 4.69) is 0 Å². The summed E-state index contributed by atoms with van der Waals surface area (Å²) in [5.41, 5.74) is 0.975. The molecule has 6 nitrogen and oxygen atoms in total. The first-order valence-corrected chi connectivity index (χ1v) is 8.27. The molecule has 0 aromatic heterocycles. The number of esters is 2. The van der Waals surface area contributed by atoms with Gasteiger partial charge in [-0.15, -0.1) is 0 Å². The average molecular weight is 368 g/mol. The molecule has 2 aromatic carbocycles. The van der Waals surface area contributed by atoms with Crippen LogP contribution in [0.4, 0.5) is 0 Å². The Morgan fingerprint density at radius 1 is 0.926 bits per heavy atom. The molecule has 0 bridgehead atoms. The van der Waals surface area contributed by atoms with Gasteiger partial charge in [-0.05, 0) is 42.8 Å². The van der Waals surface area contributed by atoms with Crippen molar-refractivity contribution in [3.05, 3.63) is 71.3 Å². The summed E-state index contributed by atoms with van der Waals surface area (Å²) >= 11 is 0. The first-order valence-electron chi connectivity index (χ1n) is 8.27. The highest BCUT2D eigenvalue weighted by Gasteiger charge is 2.16. The molecule has 0 N–H and O–H groups in total. The number of carbonyl (C=O) groups excluding carboxylic acids is 3. The molecule has 0 spiro atoms. The van der Waals surface area contributed by atoms with Crippen molar-refractivity contribution in [3.63, 3.8) is 0 Å². The van der Waals surface area contributed by atoms with Crippen LogP contribution in [0.15, 0.2) is 60.2 Å². The fourth-order valence-electron chi connectivity index (χ4n) is 2.14. The van der Waals surface area contributed by atoms with Crippen molar-refractivity contribution >= 4 is 23.8 Å². The van der Waals surface area contributed by atoms with E-state index in [0.29, 0.717) is 16.9 Å². The number of hydrogen-bond acceptors (Lipinski definition) is 6. The van der Waals surface area contributed by atoms with Crippen molar-refractivity contribution < 1.29 is 28.6 Å². The average Bonchev–Trinajstić information content (AvgIpc) is 2.67. The zero-order valence-corrected chi connectivity index (χ0v) is 15.1. The lowest BCUT2D eigenvalue weighted by Crippen LogP contribution is -2.16. The molecule has 2 aromatic rings. The number of Topliss-reactive ketones (excluding diaryl/α,β-unsaturated/α-hetero) is 1. The lowest BCUT2D eigenvalue weighted by Gasteiger charge is -2.07. The van der Waals surface area contributed by atoms with Crippen molar-refractivity contribution in [1.29, 1.82) is 0 Å². The summed E-state index contributed by atoms with van der Waals surface area (Å²) in [6.07, 6.45) is 1.43. The van der Waals surface area contributed by atoms with Crippen molar-refractivity contribution in [2.75, 3.05) is 20.3 Å². The Morgan fingerprint density at radius 3 is 2.19 bits per heavy atom. The molecule has 0 radical (unpaired) electrons. The predicted molar refractivity (Wildman–Crippen MR) is 99.3 cm³/mol. The van der Waals surface area contributed by atoms with E-state index in [0.717, 1.165) is 0 Å². The highest BCUT2D eigenvalue weighted by Crippen LogP contribution is 2.17.